The van der Waals surface area contributed by atoms with Crippen molar-refractivity contribution >= 4 is 21.8 Å². The van der Waals surface area contributed by atoms with Crippen molar-refractivity contribution < 1.29 is 31.1 Å². The molecule has 1 atom stereocenters. The minimum absolute atomic E-state index is 0.00119. The third-order valence-electron chi connectivity index (χ3n) is 5.59. The van der Waals surface area contributed by atoms with E-state index in [1.807, 2.05) is 0 Å². The number of rotatable bonds is 6. The summed E-state index contributed by atoms with van der Waals surface area (Å²) in [7, 11) is -1.77. The van der Waals surface area contributed by atoms with E-state index in [1.54, 1.807) is 0 Å². The maximum absolute atomic E-state index is 13.5. The van der Waals surface area contributed by atoms with E-state index in [1.165, 1.54) is 62.6 Å². The number of hydrogen-bond acceptors (Lipinski definition) is 4. The number of benzene rings is 3. The summed E-state index contributed by atoms with van der Waals surface area (Å²) in [6, 6.07) is 14.9. The van der Waals surface area contributed by atoms with E-state index in [2.05, 4.69) is 4.98 Å². The molecule has 37 heavy (non-hydrogen) atoms. The van der Waals surface area contributed by atoms with Gasteiger partial charge >= 0.3 is 16.4 Å². The molecular formula is C25H20ClF4N3O3S. The second-order valence-corrected chi connectivity index (χ2v) is 10.7. The van der Waals surface area contributed by atoms with Gasteiger partial charge in [-0.05, 0) is 42.0 Å². The van der Waals surface area contributed by atoms with Gasteiger partial charge in [0.2, 0.25) is 0 Å². The second-order valence-electron chi connectivity index (χ2n) is 8.26. The number of aliphatic hydroxyl groups excluding tert-OH is 1. The minimum atomic E-state index is -4.57. The Morgan fingerprint density at radius 3 is 1.97 bits per heavy atom. The van der Waals surface area contributed by atoms with E-state index in [0.29, 0.717) is 10.6 Å². The number of nitrogens with zero attached hydrogens (tertiary/aromatic N) is 3. The van der Waals surface area contributed by atoms with E-state index in [0.717, 1.165) is 32.5 Å². The van der Waals surface area contributed by atoms with Gasteiger partial charge in [-0.1, -0.05) is 48.0 Å². The van der Waals surface area contributed by atoms with Crippen LogP contribution in [-0.2, 0) is 16.4 Å². The fourth-order valence-corrected chi connectivity index (χ4v) is 4.92. The fraction of sp³-hybridized carbons (Fsp3) is 0.160. The first kappa shape index (κ1) is 26.8. The van der Waals surface area contributed by atoms with E-state index in [9.17, 15) is 31.1 Å². The number of alkyl halides is 3. The molecule has 1 aromatic heterocycles. The third kappa shape index (κ3) is 5.26. The molecule has 0 amide bonds. The number of imidazole rings is 1. The molecule has 1 unspecified atom stereocenters. The molecule has 0 saturated heterocycles. The first-order chi connectivity index (χ1) is 17.3. The lowest BCUT2D eigenvalue weighted by molar-refractivity contribution is -0.137. The Bertz CT molecular complexity index is 1520. The van der Waals surface area contributed by atoms with Crippen molar-refractivity contribution in [1.82, 2.24) is 13.3 Å². The lowest BCUT2D eigenvalue weighted by Crippen LogP contribution is -2.31. The van der Waals surface area contributed by atoms with Crippen LogP contribution in [0.4, 0.5) is 17.6 Å². The molecule has 12 heteroatoms. The topological polar surface area (TPSA) is 75.4 Å². The van der Waals surface area contributed by atoms with Gasteiger partial charge in [-0.25, -0.2) is 13.3 Å². The molecular weight excluding hydrogens is 534 g/mol. The Morgan fingerprint density at radius 1 is 0.919 bits per heavy atom. The van der Waals surface area contributed by atoms with Crippen molar-refractivity contribution in [2.45, 2.75) is 12.3 Å². The highest BCUT2D eigenvalue weighted by Crippen LogP contribution is 2.39. The Hall–Kier alpha value is -3.25. The zero-order valence-electron chi connectivity index (χ0n) is 19.4. The molecule has 4 aromatic rings. The SMILES string of the molecule is CN(C)S(=O)(=O)n1c(C(O)c2ccc(F)cc2)nc(-c2ccc(C(F)(F)F)cc2)c1-c1ccc(Cl)cc1. The van der Waals surface area contributed by atoms with Gasteiger partial charge in [0.05, 0.1) is 17.0 Å². The van der Waals surface area contributed by atoms with Gasteiger partial charge in [0.1, 0.15) is 11.9 Å². The molecule has 194 valence electrons. The van der Waals surface area contributed by atoms with Crippen molar-refractivity contribution in [3.63, 3.8) is 0 Å². The number of aliphatic hydroxyl groups is 1. The zero-order valence-corrected chi connectivity index (χ0v) is 21.0. The molecule has 3 aromatic carbocycles. The molecule has 1 heterocycles. The maximum atomic E-state index is 13.5. The normalized spacial score (nSPS) is 13.2. The van der Waals surface area contributed by atoms with Crippen LogP contribution in [0.15, 0.2) is 72.8 Å². The van der Waals surface area contributed by atoms with Gasteiger partial charge < -0.3 is 5.11 Å². The summed E-state index contributed by atoms with van der Waals surface area (Å²) in [6.45, 7) is 0. The Kier molecular flexibility index (Phi) is 7.17. The zero-order chi connectivity index (χ0) is 27.1. The Balaban J connectivity index is 2.06. The highest BCUT2D eigenvalue weighted by atomic mass is 35.5. The molecule has 1 N–H and O–H groups in total. The third-order valence-corrected chi connectivity index (χ3v) is 7.59. The van der Waals surface area contributed by atoms with Gasteiger partial charge in [-0.15, -0.1) is 0 Å². The molecule has 0 radical (unpaired) electrons. The van der Waals surface area contributed by atoms with Gasteiger partial charge in [0.15, 0.2) is 5.82 Å². The average molecular weight is 554 g/mol. The van der Waals surface area contributed by atoms with Crippen molar-refractivity contribution in [3.05, 3.63) is 101 Å². The first-order valence-corrected chi connectivity index (χ1v) is 12.5. The van der Waals surface area contributed by atoms with Gasteiger partial charge in [0.25, 0.3) is 0 Å². The largest absolute Gasteiger partial charge is 0.416 e. The van der Waals surface area contributed by atoms with Gasteiger partial charge in [0, 0.05) is 30.2 Å². The van der Waals surface area contributed by atoms with Crippen LogP contribution in [0.5, 0.6) is 0 Å². The summed E-state index contributed by atoms with van der Waals surface area (Å²) in [5, 5.41) is 11.5. The molecule has 0 aliphatic rings. The van der Waals surface area contributed by atoms with Crippen LogP contribution >= 0.6 is 11.6 Å². The van der Waals surface area contributed by atoms with Crippen molar-refractivity contribution in [2.75, 3.05) is 14.1 Å². The first-order valence-electron chi connectivity index (χ1n) is 10.7. The lowest BCUT2D eigenvalue weighted by Gasteiger charge is -2.20. The predicted molar refractivity (Wildman–Crippen MR) is 132 cm³/mol. The standard InChI is InChI=1S/C25H20ClF4N3O3S/c1-32(2)37(35,36)33-22(16-5-11-19(26)12-6-16)21(15-3-9-18(10-4-15)25(28,29)30)31-24(33)23(34)17-7-13-20(27)14-8-17/h3-14,23,34H,1-2H3. The lowest BCUT2D eigenvalue weighted by atomic mass is 10.0. The van der Waals surface area contributed by atoms with E-state index >= 15 is 0 Å². The summed E-state index contributed by atoms with van der Waals surface area (Å²) < 4.78 is 81.8. The number of halogens is 5. The molecule has 0 aliphatic carbocycles. The second kappa shape index (κ2) is 9.90. The molecule has 4 rings (SSSR count). The van der Waals surface area contributed by atoms with Crippen LogP contribution in [0.25, 0.3) is 22.5 Å². The fourth-order valence-electron chi connectivity index (χ4n) is 3.67. The van der Waals surface area contributed by atoms with Crippen LogP contribution < -0.4 is 0 Å². The van der Waals surface area contributed by atoms with Crippen LogP contribution in [0.1, 0.15) is 23.1 Å². The molecule has 0 saturated carbocycles. The summed E-state index contributed by atoms with van der Waals surface area (Å²) >= 11 is 6.02. The number of aromatic nitrogens is 2. The van der Waals surface area contributed by atoms with Crippen molar-refractivity contribution in [1.29, 1.82) is 0 Å². The van der Waals surface area contributed by atoms with E-state index in [4.69, 9.17) is 11.6 Å². The van der Waals surface area contributed by atoms with Crippen molar-refractivity contribution in [2.24, 2.45) is 0 Å². The molecule has 0 spiro atoms. The quantitative estimate of drug-likeness (QED) is 0.308. The van der Waals surface area contributed by atoms with Crippen LogP contribution in [0.2, 0.25) is 5.02 Å². The van der Waals surface area contributed by atoms with Gasteiger partial charge in [-0.3, -0.25) is 0 Å². The molecule has 0 bridgehead atoms. The predicted octanol–water partition coefficient (Wildman–Crippen LogP) is 5.76. The summed E-state index contributed by atoms with van der Waals surface area (Å²) in [6.07, 6.45) is -6.20. The minimum Gasteiger partial charge on any atom is -0.380 e. The molecule has 0 aliphatic heterocycles. The van der Waals surface area contributed by atoms with E-state index < -0.39 is 33.9 Å². The van der Waals surface area contributed by atoms with Crippen LogP contribution in [0.3, 0.4) is 0 Å². The Morgan fingerprint density at radius 2 is 1.46 bits per heavy atom. The van der Waals surface area contributed by atoms with E-state index in [-0.39, 0.29) is 28.3 Å². The maximum Gasteiger partial charge on any atom is 0.416 e. The average Bonchev–Trinajstić information content (AvgIpc) is 3.25. The monoisotopic (exact) mass is 553 g/mol. The summed E-state index contributed by atoms with van der Waals surface area (Å²) in [4.78, 5) is 4.42. The summed E-state index contributed by atoms with van der Waals surface area (Å²) in [5.74, 6) is -0.896. The van der Waals surface area contributed by atoms with Crippen LogP contribution in [-0.4, -0.2) is 40.9 Å². The smallest absolute Gasteiger partial charge is 0.380 e. The highest BCUT2D eigenvalue weighted by molar-refractivity contribution is 7.87. The highest BCUT2D eigenvalue weighted by Gasteiger charge is 2.34. The Labute approximate surface area is 215 Å². The summed E-state index contributed by atoms with van der Waals surface area (Å²) in [5.41, 5.74) is -0.216. The van der Waals surface area contributed by atoms with Crippen LogP contribution in [0, 0.1) is 5.82 Å². The molecule has 6 nitrogen and oxygen atoms in total. The van der Waals surface area contributed by atoms with Gasteiger partial charge in [-0.2, -0.15) is 25.9 Å². The number of hydrogen-bond donors (Lipinski definition) is 1. The van der Waals surface area contributed by atoms with Crippen molar-refractivity contribution in [3.8, 4) is 22.5 Å². The molecule has 0 fully saturated rings.